The summed E-state index contributed by atoms with van der Waals surface area (Å²) in [6, 6.07) is 31.5. The van der Waals surface area contributed by atoms with E-state index in [0.717, 1.165) is 42.5 Å². The minimum absolute atomic E-state index is 1.01. The number of aromatic amines is 2. The Bertz CT molecular complexity index is 2920. The van der Waals surface area contributed by atoms with Crippen LogP contribution in [-0.4, -0.2) is 9.97 Å². The summed E-state index contributed by atoms with van der Waals surface area (Å²) < 4.78 is 0. The molecular formula is C53H42N2. The van der Waals surface area contributed by atoms with E-state index in [4.69, 9.17) is 0 Å². The second kappa shape index (κ2) is 13.6. The van der Waals surface area contributed by atoms with Gasteiger partial charge in [-0.2, -0.15) is 0 Å². The van der Waals surface area contributed by atoms with E-state index in [2.05, 4.69) is 175 Å². The van der Waals surface area contributed by atoms with E-state index in [1.54, 1.807) is 0 Å². The van der Waals surface area contributed by atoms with Crippen LogP contribution < -0.4 is 0 Å². The van der Waals surface area contributed by atoms with Crippen LogP contribution in [0.5, 0.6) is 0 Å². The maximum atomic E-state index is 3.93. The molecule has 0 aliphatic heterocycles. The predicted octanol–water partition coefficient (Wildman–Crippen LogP) is 13.8. The minimum atomic E-state index is 1.01. The van der Waals surface area contributed by atoms with Crippen molar-refractivity contribution in [3.05, 3.63) is 203 Å². The molecule has 0 spiro atoms. The van der Waals surface area contributed by atoms with Gasteiger partial charge in [0.25, 0.3) is 0 Å². The van der Waals surface area contributed by atoms with Crippen LogP contribution in [0.4, 0.5) is 0 Å². The first-order valence-corrected chi connectivity index (χ1v) is 19.5. The second-order valence-electron chi connectivity index (χ2n) is 14.8. The van der Waals surface area contributed by atoms with Crippen LogP contribution in [0, 0.1) is 0 Å². The van der Waals surface area contributed by atoms with E-state index in [9.17, 15) is 0 Å². The van der Waals surface area contributed by atoms with Crippen LogP contribution in [0.25, 0.3) is 78.2 Å². The lowest BCUT2D eigenvalue weighted by atomic mass is 9.74. The third kappa shape index (κ3) is 5.65. The van der Waals surface area contributed by atoms with Gasteiger partial charge in [-0.1, -0.05) is 134 Å². The summed E-state index contributed by atoms with van der Waals surface area (Å²) >= 11 is 0. The quantitative estimate of drug-likeness (QED) is 0.167. The minimum Gasteiger partial charge on any atom is -0.354 e. The Labute approximate surface area is 322 Å². The normalized spacial score (nSPS) is 18.3. The van der Waals surface area contributed by atoms with Crippen molar-refractivity contribution in [3.8, 4) is 33.4 Å². The third-order valence-electron chi connectivity index (χ3n) is 11.7. The Hall–Kier alpha value is -6.64. The van der Waals surface area contributed by atoms with Crippen molar-refractivity contribution in [1.29, 1.82) is 0 Å². The first-order chi connectivity index (χ1) is 27.2. The molecule has 5 aromatic carbocycles. The number of H-pyrrole nitrogens is 2. The lowest BCUT2D eigenvalue weighted by molar-refractivity contribution is 0.888. The van der Waals surface area contributed by atoms with Crippen molar-refractivity contribution < 1.29 is 0 Å². The van der Waals surface area contributed by atoms with Gasteiger partial charge in [0.05, 0.1) is 11.0 Å². The molecule has 0 fully saturated rings. The monoisotopic (exact) mass is 706 g/mol. The topological polar surface area (TPSA) is 31.6 Å². The first-order valence-electron chi connectivity index (χ1n) is 19.5. The average Bonchev–Trinajstić information content (AvgIpc) is 3.77. The molecule has 2 nitrogen and oxygen atoms in total. The number of hydrogen-bond acceptors (Lipinski definition) is 0. The molecule has 0 saturated heterocycles. The zero-order chi connectivity index (χ0) is 36.9. The van der Waals surface area contributed by atoms with Crippen molar-refractivity contribution >= 4 is 44.9 Å². The molecule has 0 atom stereocenters. The summed E-state index contributed by atoms with van der Waals surface area (Å²) in [5.41, 5.74) is 22.3. The number of benzene rings is 5. The fourth-order valence-corrected chi connectivity index (χ4v) is 9.17. The summed E-state index contributed by atoms with van der Waals surface area (Å²) in [4.78, 5) is 7.83. The molecule has 3 aliphatic carbocycles. The van der Waals surface area contributed by atoms with Crippen LogP contribution >= 0.6 is 0 Å². The third-order valence-corrected chi connectivity index (χ3v) is 11.7. The summed E-state index contributed by atoms with van der Waals surface area (Å²) in [7, 11) is 0. The Balaban J connectivity index is 1.08. The smallest absolute Gasteiger partial charge is 0.0503 e. The van der Waals surface area contributed by atoms with Crippen LogP contribution in [0.2, 0.25) is 0 Å². The second-order valence-corrected chi connectivity index (χ2v) is 14.8. The molecule has 2 aromatic heterocycles. The van der Waals surface area contributed by atoms with Crippen molar-refractivity contribution in [1.82, 2.24) is 9.97 Å². The van der Waals surface area contributed by atoms with E-state index in [1.807, 2.05) is 12.2 Å². The highest BCUT2D eigenvalue weighted by Crippen LogP contribution is 2.49. The maximum Gasteiger partial charge on any atom is 0.0503 e. The number of nitrogens with one attached hydrogen (secondary N) is 2. The Morgan fingerprint density at radius 3 is 2.05 bits per heavy atom. The van der Waals surface area contributed by atoms with Gasteiger partial charge >= 0.3 is 0 Å². The summed E-state index contributed by atoms with van der Waals surface area (Å²) in [5, 5.41) is 3.98. The van der Waals surface area contributed by atoms with E-state index in [0.29, 0.717) is 0 Å². The number of hydrogen-bond donors (Lipinski definition) is 2. The van der Waals surface area contributed by atoms with Crippen molar-refractivity contribution in [2.45, 2.75) is 32.6 Å². The van der Waals surface area contributed by atoms with Gasteiger partial charge in [0.1, 0.15) is 0 Å². The zero-order valence-corrected chi connectivity index (χ0v) is 31.1. The fourth-order valence-electron chi connectivity index (χ4n) is 9.17. The van der Waals surface area contributed by atoms with Gasteiger partial charge in [0.2, 0.25) is 0 Å². The van der Waals surface area contributed by atoms with Crippen molar-refractivity contribution in [3.63, 3.8) is 0 Å². The van der Waals surface area contributed by atoms with E-state index >= 15 is 0 Å². The standard InChI is InChI=1S/C53H42N2/c1-3-5-15-34(4-2)35-16-9-6-7-12-22-42-46-32-40-24-25-41-33-47-45-31-39(38-21-13-20-37(30-38)36-17-10-8-11-18-36)26-29-49(45)55-53(47)44-28-27-43(50(40)51(41)44)52(46)54-48(42)23-14-19-35/h3-23,26,29-33,54-55H,1,24-25,27-28H2,2H3/b7-6+,9-6?,12-7?,15-5-,16-9-,19-14?,22-12+,23-14-,34-4+,35-16?,35-19+,42-22?,48-23?. The van der Waals surface area contributed by atoms with Crippen LogP contribution in [-0.2, 0) is 25.7 Å². The highest BCUT2D eigenvalue weighted by Gasteiger charge is 2.31. The Morgan fingerprint density at radius 2 is 1.29 bits per heavy atom. The van der Waals surface area contributed by atoms with Gasteiger partial charge in [-0.05, 0) is 136 Å². The Morgan fingerprint density at radius 1 is 0.600 bits per heavy atom. The van der Waals surface area contributed by atoms with Gasteiger partial charge in [0, 0.05) is 32.9 Å². The molecule has 0 unspecified atom stereocenters. The van der Waals surface area contributed by atoms with Gasteiger partial charge < -0.3 is 9.97 Å². The average molecular weight is 707 g/mol. The number of aryl methyl sites for hydroxylation is 4. The first kappa shape index (κ1) is 33.0. The van der Waals surface area contributed by atoms with Gasteiger partial charge in [-0.25, -0.2) is 0 Å². The van der Waals surface area contributed by atoms with Gasteiger partial charge in [-0.3, -0.25) is 0 Å². The molecule has 2 N–H and O–H groups in total. The SMILES string of the molecule is C=C\C=C/C(=C\C)C1=C/C=C\c2[nH]c3c4c5c(cc3c2/C=C/C=C/C=C\1)CCc1cc2c([nH]c3ccc(-c6cccc(-c7ccccc7)c6)cc32)c(c1-5)CC4. The predicted molar refractivity (Wildman–Crippen MR) is 236 cm³/mol. The highest BCUT2D eigenvalue weighted by atomic mass is 14.7. The summed E-state index contributed by atoms with van der Waals surface area (Å²) in [6.45, 7) is 5.93. The Kier molecular flexibility index (Phi) is 8.18. The molecule has 55 heavy (non-hydrogen) atoms. The molecule has 0 saturated carbocycles. The molecule has 264 valence electrons. The molecule has 0 radical (unpaired) electrons. The fraction of sp³-hybridized carbons (Fsp3) is 0.0943. The largest absolute Gasteiger partial charge is 0.354 e. The van der Waals surface area contributed by atoms with E-state index in [1.165, 1.54) is 93.9 Å². The molecule has 7 aromatic rings. The van der Waals surface area contributed by atoms with Crippen molar-refractivity contribution in [2.75, 3.05) is 0 Å². The molecule has 10 rings (SSSR count). The zero-order valence-electron chi connectivity index (χ0n) is 31.1. The molecule has 3 aliphatic rings. The van der Waals surface area contributed by atoms with Crippen LogP contribution in [0.1, 0.15) is 40.4 Å². The molecule has 2 heteroatoms. The summed E-state index contributed by atoms with van der Waals surface area (Å²) in [5.74, 6) is 0. The molecular weight excluding hydrogens is 665 g/mol. The number of fused-ring (bicyclic) bond motifs is 8. The number of aromatic nitrogens is 2. The lowest BCUT2D eigenvalue weighted by Crippen LogP contribution is -2.15. The molecule has 0 amide bonds. The van der Waals surface area contributed by atoms with E-state index in [-0.39, 0.29) is 0 Å². The number of allylic oxidation sites excluding steroid dienone is 13. The van der Waals surface area contributed by atoms with Crippen LogP contribution in [0.3, 0.4) is 0 Å². The van der Waals surface area contributed by atoms with Crippen LogP contribution in [0.15, 0.2) is 169 Å². The van der Waals surface area contributed by atoms with Gasteiger partial charge in [-0.15, -0.1) is 0 Å². The highest BCUT2D eigenvalue weighted by molar-refractivity contribution is 6.13. The summed E-state index contributed by atoms with van der Waals surface area (Å²) in [6.07, 6.45) is 31.7. The number of rotatable bonds is 5. The van der Waals surface area contributed by atoms with Crippen molar-refractivity contribution in [2.24, 2.45) is 0 Å². The lowest BCUT2D eigenvalue weighted by Gasteiger charge is -2.30. The van der Waals surface area contributed by atoms with Gasteiger partial charge in [0.15, 0.2) is 0 Å². The van der Waals surface area contributed by atoms with E-state index < -0.39 is 0 Å². The maximum absolute atomic E-state index is 3.93. The molecule has 0 bridgehead atoms. The molecule has 2 heterocycles.